The molecule has 1 aromatic rings. The summed E-state index contributed by atoms with van der Waals surface area (Å²) < 4.78 is 1.67. The van der Waals surface area contributed by atoms with Gasteiger partial charge in [-0.25, -0.2) is 4.79 Å². The predicted octanol–water partition coefficient (Wildman–Crippen LogP) is 2.47. The third kappa shape index (κ3) is 2.96. The van der Waals surface area contributed by atoms with Crippen molar-refractivity contribution in [3.8, 4) is 5.75 Å². The summed E-state index contributed by atoms with van der Waals surface area (Å²) in [5, 5.41) is 18.7. The minimum Gasteiger partial charge on any atom is -0.503 e. The lowest BCUT2D eigenvalue weighted by molar-refractivity contribution is 0.0693. The quantitative estimate of drug-likeness (QED) is 0.896. The molecule has 114 valence electrons. The van der Waals surface area contributed by atoms with Crippen LogP contribution in [0.4, 0.5) is 0 Å². The van der Waals surface area contributed by atoms with E-state index in [-0.39, 0.29) is 5.56 Å². The Hall–Kier alpha value is -1.78. The highest BCUT2D eigenvalue weighted by Gasteiger charge is 2.31. The summed E-state index contributed by atoms with van der Waals surface area (Å²) in [5.74, 6) is 0.345. The third-order valence-corrected chi connectivity index (χ3v) is 4.98. The second kappa shape index (κ2) is 5.54. The number of aromatic nitrogens is 1. The third-order valence-electron chi connectivity index (χ3n) is 4.98. The van der Waals surface area contributed by atoms with Crippen molar-refractivity contribution < 1.29 is 15.0 Å². The van der Waals surface area contributed by atoms with E-state index in [0.717, 1.165) is 11.8 Å². The minimum atomic E-state index is -1.29. The molecule has 1 heterocycles. The van der Waals surface area contributed by atoms with Gasteiger partial charge in [-0.3, -0.25) is 4.79 Å². The second-order valence-corrected chi connectivity index (χ2v) is 6.62. The smallest absolute Gasteiger partial charge is 0.341 e. The average molecular weight is 291 g/mol. The number of rotatable bonds is 3. The van der Waals surface area contributed by atoms with E-state index in [9.17, 15) is 14.7 Å². The van der Waals surface area contributed by atoms with E-state index in [1.165, 1.54) is 50.9 Å². The first kappa shape index (κ1) is 14.2. The Kier molecular flexibility index (Phi) is 3.74. The monoisotopic (exact) mass is 291 g/mol. The van der Waals surface area contributed by atoms with Crippen LogP contribution >= 0.6 is 0 Å². The van der Waals surface area contributed by atoms with Crippen molar-refractivity contribution in [2.24, 2.45) is 17.8 Å². The van der Waals surface area contributed by atoms with Crippen molar-refractivity contribution in [3.05, 3.63) is 28.2 Å². The van der Waals surface area contributed by atoms with Crippen LogP contribution in [-0.4, -0.2) is 20.7 Å². The molecular formula is C16H21NO4. The Bertz CT molecular complexity index is 595. The highest BCUT2D eigenvalue weighted by atomic mass is 16.4. The molecule has 2 fully saturated rings. The van der Waals surface area contributed by atoms with Crippen LogP contribution in [0.2, 0.25) is 0 Å². The van der Waals surface area contributed by atoms with Gasteiger partial charge >= 0.3 is 5.97 Å². The van der Waals surface area contributed by atoms with E-state index in [1.54, 1.807) is 4.57 Å². The molecule has 2 aliphatic carbocycles. The highest BCUT2D eigenvalue weighted by Crippen LogP contribution is 2.42. The summed E-state index contributed by atoms with van der Waals surface area (Å²) in [5.41, 5.74) is -1.16. The first-order valence-corrected chi connectivity index (χ1v) is 7.69. The lowest BCUT2D eigenvalue weighted by Gasteiger charge is -2.39. The fourth-order valence-electron chi connectivity index (χ4n) is 4.19. The molecule has 0 radical (unpaired) electrons. The number of nitrogens with zero attached hydrogens (tertiary/aromatic N) is 1. The fourth-order valence-corrected chi connectivity index (χ4v) is 4.19. The molecule has 3 rings (SSSR count). The molecule has 0 aromatic carbocycles. The summed E-state index contributed by atoms with van der Waals surface area (Å²) in [6.45, 7) is 0.682. The van der Waals surface area contributed by atoms with Crippen molar-refractivity contribution in [2.75, 3.05) is 0 Å². The molecule has 0 aliphatic heterocycles. The van der Waals surface area contributed by atoms with Gasteiger partial charge in [0.1, 0.15) is 5.56 Å². The first-order valence-electron chi connectivity index (χ1n) is 7.69. The largest absolute Gasteiger partial charge is 0.503 e. The van der Waals surface area contributed by atoms with E-state index in [0.29, 0.717) is 12.5 Å². The van der Waals surface area contributed by atoms with Gasteiger partial charge in [-0.15, -0.1) is 0 Å². The molecule has 5 heteroatoms. The molecule has 2 saturated carbocycles. The maximum Gasteiger partial charge on any atom is 0.341 e. The zero-order valence-corrected chi connectivity index (χ0v) is 12.0. The van der Waals surface area contributed by atoms with Crippen LogP contribution in [-0.2, 0) is 6.54 Å². The lowest BCUT2D eigenvalue weighted by Crippen LogP contribution is -2.29. The van der Waals surface area contributed by atoms with Crippen LogP contribution in [0.1, 0.15) is 48.9 Å². The van der Waals surface area contributed by atoms with Gasteiger partial charge in [0.15, 0.2) is 5.75 Å². The first-order chi connectivity index (χ1) is 10.0. The van der Waals surface area contributed by atoms with Gasteiger partial charge < -0.3 is 14.8 Å². The number of carboxylic acid groups (broad SMARTS) is 1. The number of carboxylic acids is 1. The minimum absolute atomic E-state index is 0.356. The number of pyridine rings is 1. The number of aromatic hydroxyl groups is 1. The SMILES string of the molecule is O=C(O)c1cn(CC2CC3CCCC(C3)C2)cc(O)c1=O. The van der Waals surface area contributed by atoms with Crippen LogP contribution in [0.15, 0.2) is 17.2 Å². The van der Waals surface area contributed by atoms with Gasteiger partial charge in [0.25, 0.3) is 0 Å². The van der Waals surface area contributed by atoms with Crippen LogP contribution in [0.25, 0.3) is 0 Å². The molecule has 2 bridgehead atoms. The molecule has 2 aliphatic rings. The Morgan fingerprint density at radius 3 is 2.48 bits per heavy atom. The van der Waals surface area contributed by atoms with E-state index in [2.05, 4.69) is 0 Å². The molecule has 0 spiro atoms. The highest BCUT2D eigenvalue weighted by molar-refractivity contribution is 5.87. The van der Waals surface area contributed by atoms with Gasteiger partial charge in [-0.1, -0.05) is 19.3 Å². The zero-order valence-electron chi connectivity index (χ0n) is 12.0. The topological polar surface area (TPSA) is 79.5 Å². The molecular weight excluding hydrogens is 270 g/mol. The maximum absolute atomic E-state index is 11.6. The van der Waals surface area contributed by atoms with Crippen LogP contribution in [0.3, 0.4) is 0 Å². The number of hydrogen-bond donors (Lipinski definition) is 2. The van der Waals surface area contributed by atoms with E-state index in [4.69, 9.17) is 5.11 Å². The van der Waals surface area contributed by atoms with E-state index >= 15 is 0 Å². The van der Waals surface area contributed by atoms with Crippen molar-refractivity contribution in [1.29, 1.82) is 0 Å². The molecule has 5 nitrogen and oxygen atoms in total. The zero-order chi connectivity index (χ0) is 15.0. The molecule has 21 heavy (non-hydrogen) atoms. The number of hydrogen-bond acceptors (Lipinski definition) is 3. The van der Waals surface area contributed by atoms with Crippen molar-refractivity contribution >= 4 is 5.97 Å². The summed E-state index contributed by atoms with van der Waals surface area (Å²) in [6.07, 6.45) is 10.4. The van der Waals surface area contributed by atoms with E-state index in [1.807, 2.05) is 0 Å². The molecule has 2 atom stereocenters. The molecule has 0 amide bonds. The molecule has 1 aromatic heterocycles. The fraction of sp³-hybridized carbons (Fsp3) is 0.625. The average Bonchev–Trinajstić information content (AvgIpc) is 2.42. The Balaban J connectivity index is 1.79. The second-order valence-electron chi connectivity index (χ2n) is 6.62. The standard InChI is InChI=1S/C16H21NO4/c18-14-9-17(8-13(15(14)19)16(20)21)7-12-5-10-2-1-3-11(4-10)6-12/h8-12,18H,1-7H2,(H,20,21). The van der Waals surface area contributed by atoms with E-state index < -0.39 is 17.1 Å². The Morgan fingerprint density at radius 1 is 1.19 bits per heavy atom. The maximum atomic E-state index is 11.6. The van der Waals surface area contributed by atoms with Crippen molar-refractivity contribution in [1.82, 2.24) is 4.57 Å². The Labute approximate surface area is 123 Å². The molecule has 0 saturated heterocycles. The molecule has 2 unspecified atom stereocenters. The summed E-state index contributed by atoms with van der Waals surface area (Å²) in [4.78, 5) is 22.6. The summed E-state index contributed by atoms with van der Waals surface area (Å²) in [6, 6.07) is 0. The number of aromatic carboxylic acids is 1. The van der Waals surface area contributed by atoms with Gasteiger partial charge in [-0.05, 0) is 37.0 Å². The van der Waals surface area contributed by atoms with Gasteiger partial charge in [0, 0.05) is 18.9 Å². The number of fused-ring (bicyclic) bond motifs is 2. The summed E-state index contributed by atoms with van der Waals surface area (Å²) in [7, 11) is 0. The van der Waals surface area contributed by atoms with Crippen molar-refractivity contribution in [3.63, 3.8) is 0 Å². The number of carbonyl (C=O) groups is 1. The van der Waals surface area contributed by atoms with Gasteiger partial charge in [0.2, 0.25) is 5.43 Å². The van der Waals surface area contributed by atoms with Crippen LogP contribution < -0.4 is 5.43 Å². The van der Waals surface area contributed by atoms with Crippen LogP contribution in [0.5, 0.6) is 5.75 Å². The predicted molar refractivity (Wildman–Crippen MR) is 77.5 cm³/mol. The lowest BCUT2D eigenvalue weighted by atomic mass is 9.68. The van der Waals surface area contributed by atoms with Crippen LogP contribution in [0, 0.1) is 17.8 Å². The molecule has 2 N–H and O–H groups in total. The van der Waals surface area contributed by atoms with Crippen molar-refractivity contribution in [2.45, 2.75) is 45.1 Å². The normalized spacial score (nSPS) is 28.3. The Morgan fingerprint density at radius 2 is 1.86 bits per heavy atom. The van der Waals surface area contributed by atoms with Gasteiger partial charge in [-0.2, -0.15) is 0 Å². The summed E-state index contributed by atoms with van der Waals surface area (Å²) >= 11 is 0. The van der Waals surface area contributed by atoms with Gasteiger partial charge in [0.05, 0.1) is 0 Å².